The van der Waals surface area contributed by atoms with Crippen LogP contribution in [0.3, 0.4) is 0 Å². The summed E-state index contributed by atoms with van der Waals surface area (Å²) in [6.45, 7) is 0. The highest BCUT2D eigenvalue weighted by Crippen LogP contribution is 2.33. The third kappa shape index (κ3) is 3.08. The van der Waals surface area contributed by atoms with E-state index in [1.165, 1.54) is 6.42 Å². The lowest BCUT2D eigenvalue weighted by Crippen LogP contribution is -2.32. The van der Waals surface area contributed by atoms with Crippen LogP contribution in [-0.2, 0) is 16.0 Å². The summed E-state index contributed by atoms with van der Waals surface area (Å²) in [6, 6.07) is 8.35. The van der Waals surface area contributed by atoms with Crippen LogP contribution in [0.2, 0.25) is 0 Å². The molecule has 1 aromatic carbocycles. The van der Waals surface area contributed by atoms with Crippen LogP contribution < -0.4 is 16.0 Å². The van der Waals surface area contributed by atoms with Gasteiger partial charge in [-0.3, -0.25) is 9.59 Å². The zero-order valence-corrected chi connectivity index (χ0v) is 12.2. The van der Waals surface area contributed by atoms with Crippen LogP contribution in [0.4, 0.5) is 5.69 Å². The van der Waals surface area contributed by atoms with Crippen LogP contribution in [-0.4, -0.2) is 30.9 Å². The Hall–Kier alpha value is -1.88. The molecule has 5 heteroatoms. The molecule has 3 rings (SSSR count). The number of fused-ring (bicyclic) bond motifs is 2. The first kappa shape index (κ1) is 14.1. The molecule has 2 aliphatic heterocycles. The second-order valence-electron chi connectivity index (χ2n) is 5.93. The summed E-state index contributed by atoms with van der Waals surface area (Å²) in [5.74, 6) is 0.183. The molecular weight excluding hydrogens is 266 g/mol. The van der Waals surface area contributed by atoms with Crippen molar-refractivity contribution < 1.29 is 9.59 Å². The molecule has 0 saturated carbocycles. The average molecular weight is 287 g/mol. The third-order valence-corrected chi connectivity index (χ3v) is 4.50. The van der Waals surface area contributed by atoms with E-state index in [9.17, 15) is 9.59 Å². The van der Waals surface area contributed by atoms with Crippen molar-refractivity contribution in [1.82, 2.24) is 10.6 Å². The molecule has 0 aliphatic carbocycles. The number of likely N-dealkylation sites (N-methyl/N-ethyl adjacent to an activating group) is 1. The number of rotatable bonds is 4. The zero-order chi connectivity index (χ0) is 14.8. The summed E-state index contributed by atoms with van der Waals surface area (Å²) in [5.41, 5.74) is 1.73. The number of hydrogen-bond acceptors (Lipinski definition) is 3. The summed E-state index contributed by atoms with van der Waals surface area (Å²) in [7, 11) is 1.63. The van der Waals surface area contributed by atoms with Gasteiger partial charge in [-0.25, -0.2) is 0 Å². The van der Waals surface area contributed by atoms with E-state index < -0.39 is 0 Å². The lowest BCUT2D eigenvalue weighted by atomic mass is 9.88. The molecule has 3 atom stereocenters. The number of anilines is 1. The van der Waals surface area contributed by atoms with Crippen LogP contribution in [0.15, 0.2) is 24.3 Å². The number of carbonyl (C=O) groups excluding carboxylic acids is 2. The van der Waals surface area contributed by atoms with Crippen molar-refractivity contribution in [1.29, 1.82) is 0 Å². The minimum atomic E-state index is -0.0140. The van der Waals surface area contributed by atoms with Crippen molar-refractivity contribution in [3.05, 3.63) is 29.8 Å². The third-order valence-electron chi connectivity index (χ3n) is 4.50. The Balaban J connectivity index is 1.57. The van der Waals surface area contributed by atoms with Gasteiger partial charge in [0.25, 0.3) is 0 Å². The highest BCUT2D eigenvalue weighted by Gasteiger charge is 2.42. The maximum absolute atomic E-state index is 12.3. The predicted octanol–water partition coefficient (Wildman–Crippen LogP) is 1.05. The molecule has 2 fully saturated rings. The Bertz CT molecular complexity index is 541. The largest absolute Gasteiger partial charge is 0.359 e. The smallest absolute Gasteiger partial charge is 0.229 e. The first-order valence-corrected chi connectivity index (χ1v) is 7.52. The molecule has 2 aliphatic rings. The molecule has 112 valence electrons. The number of carbonyl (C=O) groups is 2. The van der Waals surface area contributed by atoms with E-state index in [0.29, 0.717) is 18.5 Å². The lowest BCUT2D eigenvalue weighted by Gasteiger charge is -2.19. The number of hydrogen-bond donors (Lipinski definition) is 3. The van der Waals surface area contributed by atoms with Crippen molar-refractivity contribution in [3.8, 4) is 0 Å². The summed E-state index contributed by atoms with van der Waals surface area (Å²) in [5, 5.41) is 9.06. The van der Waals surface area contributed by atoms with Gasteiger partial charge in [0, 0.05) is 24.8 Å². The van der Waals surface area contributed by atoms with E-state index in [1.807, 2.05) is 24.3 Å². The first-order chi connectivity index (χ1) is 10.2. The minimum Gasteiger partial charge on any atom is -0.359 e. The van der Waals surface area contributed by atoms with Crippen LogP contribution in [0.5, 0.6) is 0 Å². The molecule has 0 radical (unpaired) electrons. The topological polar surface area (TPSA) is 70.2 Å². The van der Waals surface area contributed by atoms with E-state index in [1.54, 1.807) is 7.05 Å². The quantitative estimate of drug-likeness (QED) is 0.775. The van der Waals surface area contributed by atoms with Crippen LogP contribution in [0.25, 0.3) is 0 Å². The van der Waals surface area contributed by atoms with Gasteiger partial charge in [0.1, 0.15) is 0 Å². The van der Waals surface area contributed by atoms with Gasteiger partial charge in [0.05, 0.1) is 12.3 Å². The van der Waals surface area contributed by atoms with Gasteiger partial charge in [-0.15, -0.1) is 0 Å². The zero-order valence-electron chi connectivity index (χ0n) is 12.2. The van der Waals surface area contributed by atoms with E-state index in [4.69, 9.17) is 0 Å². The van der Waals surface area contributed by atoms with Gasteiger partial charge in [0.2, 0.25) is 11.8 Å². The normalized spacial score (nSPS) is 26.6. The predicted molar refractivity (Wildman–Crippen MR) is 80.9 cm³/mol. The van der Waals surface area contributed by atoms with Gasteiger partial charge in [-0.05, 0) is 37.0 Å². The Morgan fingerprint density at radius 2 is 2.00 bits per heavy atom. The fourth-order valence-electron chi connectivity index (χ4n) is 3.33. The van der Waals surface area contributed by atoms with Crippen molar-refractivity contribution in [2.45, 2.75) is 37.8 Å². The monoisotopic (exact) mass is 287 g/mol. The summed E-state index contributed by atoms with van der Waals surface area (Å²) < 4.78 is 0. The maximum atomic E-state index is 12.3. The highest BCUT2D eigenvalue weighted by atomic mass is 16.2. The van der Waals surface area contributed by atoms with Crippen LogP contribution >= 0.6 is 0 Å². The number of nitrogens with one attached hydrogen (secondary N) is 3. The van der Waals surface area contributed by atoms with E-state index in [-0.39, 0.29) is 17.7 Å². The van der Waals surface area contributed by atoms with Gasteiger partial charge >= 0.3 is 0 Å². The van der Waals surface area contributed by atoms with Crippen molar-refractivity contribution in [2.24, 2.45) is 5.92 Å². The first-order valence-electron chi connectivity index (χ1n) is 7.52. The molecule has 21 heavy (non-hydrogen) atoms. The second-order valence-corrected chi connectivity index (χ2v) is 5.93. The van der Waals surface area contributed by atoms with Gasteiger partial charge in [-0.1, -0.05) is 12.1 Å². The molecule has 2 saturated heterocycles. The molecule has 2 amide bonds. The Morgan fingerprint density at radius 1 is 1.24 bits per heavy atom. The van der Waals surface area contributed by atoms with E-state index in [0.717, 1.165) is 24.1 Å². The molecule has 0 spiro atoms. The van der Waals surface area contributed by atoms with Crippen molar-refractivity contribution in [2.75, 3.05) is 12.4 Å². The number of amides is 2. The molecule has 3 N–H and O–H groups in total. The minimum absolute atomic E-state index is 0.0140. The Kier molecular flexibility index (Phi) is 3.92. The maximum Gasteiger partial charge on any atom is 0.229 e. The summed E-state index contributed by atoms with van der Waals surface area (Å²) in [4.78, 5) is 23.6. The van der Waals surface area contributed by atoms with Crippen molar-refractivity contribution >= 4 is 17.5 Å². The molecule has 2 heterocycles. The number of benzene rings is 1. The van der Waals surface area contributed by atoms with E-state index >= 15 is 0 Å². The second kappa shape index (κ2) is 5.85. The van der Waals surface area contributed by atoms with Crippen LogP contribution in [0, 0.1) is 5.92 Å². The van der Waals surface area contributed by atoms with E-state index in [2.05, 4.69) is 16.0 Å². The summed E-state index contributed by atoms with van der Waals surface area (Å²) in [6.07, 6.45) is 3.61. The fraction of sp³-hybridized carbons (Fsp3) is 0.500. The molecule has 3 unspecified atom stereocenters. The lowest BCUT2D eigenvalue weighted by molar-refractivity contribution is -0.121. The van der Waals surface area contributed by atoms with Gasteiger partial charge in [0.15, 0.2) is 0 Å². The molecule has 2 bridgehead atoms. The summed E-state index contributed by atoms with van der Waals surface area (Å²) >= 11 is 0. The molecular formula is C16H21N3O2. The average Bonchev–Trinajstić information content (AvgIpc) is 3.12. The molecule has 5 nitrogen and oxygen atoms in total. The van der Waals surface area contributed by atoms with Crippen molar-refractivity contribution in [3.63, 3.8) is 0 Å². The van der Waals surface area contributed by atoms with Gasteiger partial charge in [-0.2, -0.15) is 0 Å². The molecule has 1 aromatic rings. The SMILES string of the molecule is CNC(=O)Cc1ccc(NC(=O)C2CC3CCC2N3)cc1. The fourth-order valence-corrected chi connectivity index (χ4v) is 3.33. The Morgan fingerprint density at radius 3 is 2.57 bits per heavy atom. The van der Waals surface area contributed by atoms with Crippen LogP contribution in [0.1, 0.15) is 24.8 Å². The standard InChI is InChI=1S/C16H21N3O2/c1-17-15(20)8-10-2-4-11(5-3-10)19-16(21)13-9-12-6-7-14(13)18-12/h2-5,12-14,18H,6-9H2,1H3,(H,17,20)(H,19,21). The van der Waals surface area contributed by atoms with Gasteiger partial charge < -0.3 is 16.0 Å². The highest BCUT2D eigenvalue weighted by molar-refractivity contribution is 5.93. The molecule has 0 aromatic heterocycles. The Labute approximate surface area is 124 Å².